The highest BCUT2D eigenvalue weighted by Crippen LogP contribution is 2.16. The number of nitrogens with two attached hydrogens (primary N) is 2. The van der Waals surface area contributed by atoms with Crippen LogP contribution in [-0.2, 0) is 22.9 Å². The maximum absolute atomic E-state index is 14.2. The number of sulfonamides is 1. The predicted octanol–water partition coefficient (Wildman–Crippen LogP) is 1.14. The van der Waals surface area contributed by atoms with Crippen LogP contribution in [0, 0.1) is 6.92 Å². The first-order chi connectivity index (χ1) is 10.3. The number of nitrogens with zero attached hydrogens (tertiary/aromatic N) is 2. The Morgan fingerprint density at radius 1 is 1.32 bits per heavy atom. The van der Waals surface area contributed by atoms with Gasteiger partial charge >= 0.3 is 0 Å². The summed E-state index contributed by atoms with van der Waals surface area (Å²) >= 11 is 0. The molecule has 118 valence electrons. The molecule has 0 spiro atoms. The van der Waals surface area contributed by atoms with Crippen LogP contribution in [-0.4, -0.2) is 24.6 Å². The Morgan fingerprint density at radius 3 is 2.68 bits per heavy atom. The van der Waals surface area contributed by atoms with Gasteiger partial charge in [-0.3, -0.25) is 0 Å². The molecule has 0 amide bonds. The van der Waals surface area contributed by atoms with E-state index in [2.05, 4.69) is 9.97 Å². The number of alkyl halides is 1. The molecule has 1 aromatic carbocycles. The number of rotatable bonds is 5. The van der Waals surface area contributed by atoms with Gasteiger partial charge in [0.05, 0.1) is 4.90 Å². The molecule has 0 fully saturated rings. The van der Waals surface area contributed by atoms with Crippen molar-refractivity contribution in [1.82, 2.24) is 9.97 Å². The fraction of sp³-hybridized carbons (Fsp3) is 0.286. The minimum atomic E-state index is -3.79. The van der Waals surface area contributed by atoms with Crippen molar-refractivity contribution < 1.29 is 12.8 Å². The summed E-state index contributed by atoms with van der Waals surface area (Å²) in [5.41, 5.74) is 7.32. The summed E-state index contributed by atoms with van der Waals surface area (Å²) < 4.78 is 36.8. The fourth-order valence-electron chi connectivity index (χ4n) is 2.13. The van der Waals surface area contributed by atoms with Crippen molar-refractivity contribution in [2.75, 3.05) is 5.73 Å². The van der Waals surface area contributed by atoms with Crippen LogP contribution in [0.2, 0.25) is 0 Å². The Labute approximate surface area is 128 Å². The molecular weight excluding hydrogens is 307 g/mol. The summed E-state index contributed by atoms with van der Waals surface area (Å²) in [6.45, 7) is 1.74. The van der Waals surface area contributed by atoms with E-state index in [0.717, 1.165) is 0 Å². The van der Waals surface area contributed by atoms with Gasteiger partial charge in [-0.2, -0.15) is 0 Å². The van der Waals surface area contributed by atoms with Crippen molar-refractivity contribution >= 4 is 16.0 Å². The first-order valence-corrected chi connectivity index (χ1v) is 8.14. The number of hydrogen-bond acceptors (Lipinski definition) is 5. The highest BCUT2D eigenvalue weighted by molar-refractivity contribution is 7.89. The largest absolute Gasteiger partial charge is 0.368 e. The highest BCUT2D eigenvalue weighted by Gasteiger charge is 2.14. The van der Waals surface area contributed by atoms with Gasteiger partial charge in [0.25, 0.3) is 0 Å². The third-order valence-electron chi connectivity index (χ3n) is 3.23. The lowest BCUT2D eigenvalue weighted by Crippen LogP contribution is -2.14. The zero-order valence-electron chi connectivity index (χ0n) is 12.0. The van der Waals surface area contributed by atoms with Gasteiger partial charge in [0.2, 0.25) is 16.0 Å². The molecule has 0 aliphatic rings. The van der Waals surface area contributed by atoms with Crippen molar-refractivity contribution in [3.8, 4) is 0 Å². The summed E-state index contributed by atoms with van der Waals surface area (Å²) in [4.78, 5) is 7.81. The first kappa shape index (κ1) is 16.3. The first-order valence-electron chi connectivity index (χ1n) is 6.59. The van der Waals surface area contributed by atoms with Gasteiger partial charge in [-0.05, 0) is 30.2 Å². The second-order valence-electron chi connectivity index (χ2n) is 5.04. The minimum Gasteiger partial charge on any atom is -0.368 e. The Balaban J connectivity index is 2.10. The van der Waals surface area contributed by atoms with Crippen LogP contribution in [0.1, 0.15) is 16.8 Å². The lowest BCUT2D eigenvalue weighted by molar-refractivity contribution is 0.329. The third-order valence-corrected chi connectivity index (χ3v) is 4.14. The molecule has 1 heterocycles. The molecule has 0 aliphatic carbocycles. The quantitative estimate of drug-likeness (QED) is 0.856. The lowest BCUT2D eigenvalue weighted by atomic mass is 10.0. The summed E-state index contributed by atoms with van der Waals surface area (Å²) in [6, 6.07) is 5.96. The summed E-state index contributed by atoms with van der Waals surface area (Å²) in [7, 11) is -3.79. The average Bonchev–Trinajstić information content (AvgIpc) is 2.41. The molecule has 0 aliphatic heterocycles. The van der Waals surface area contributed by atoms with Crippen LogP contribution in [0.3, 0.4) is 0 Å². The maximum Gasteiger partial charge on any atom is 0.238 e. The van der Waals surface area contributed by atoms with Crippen LogP contribution in [0.25, 0.3) is 0 Å². The molecule has 6 nitrogen and oxygen atoms in total. The fourth-order valence-corrected chi connectivity index (χ4v) is 2.71. The van der Waals surface area contributed by atoms with Crippen molar-refractivity contribution in [2.45, 2.75) is 30.8 Å². The van der Waals surface area contributed by atoms with Gasteiger partial charge in [-0.1, -0.05) is 12.1 Å². The van der Waals surface area contributed by atoms with Crippen LogP contribution in [0.4, 0.5) is 10.3 Å². The number of aromatic nitrogens is 2. The zero-order valence-corrected chi connectivity index (χ0v) is 12.8. The number of hydrogen-bond donors (Lipinski definition) is 2. The van der Waals surface area contributed by atoms with Gasteiger partial charge in [0.1, 0.15) is 6.17 Å². The Hall–Kier alpha value is -2.06. The second kappa shape index (κ2) is 6.37. The smallest absolute Gasteiger partial charge is 0.238 e. The van der Waals surface area contributed by atoms with E-state index in [-0.39, 0.29) is 23.7 Å². The molecule has 22 heavy (non-hydrogen) atoms. The molecule has 1 aromatic heterocycles. The van der Waals surface area contributed by atoms with Crippen LogP contribution < -0.4 is 10.9 Å². The van der Waals surface area contributed by atoms with E-state index < -0.39 is 16.2 Å². The van der Waals surface area contributed by atoms with Gasteiger partial charge < -0.3 is 5.73 Å². The molecule has 0 saturated carbocycles. The molecule has 0 radical (unpaired) electrons. The summed E-state index contributed by atoms with van der Waals surface area (Å²) in [5, 5.41) is 5.06. The SMILES string of the molecule is Cc1nc(N)ncc1CC(F)Cc1cccc(S(N)(=O)=O)c1. The van der Waals surface area contributed by atoms with Gasteiger partial charge in [0, 0.05) is 24.7 Å². The van der Waals surface area contributed by atoms with E-state index >= 15 is 0 Å². The van der Waals surface area contributed by atoms with Crippen LogP contribution in [0.15, 0.2) is 35.4 Å². The van der Waals surface area contributed by atoms with Gasteiger partial charge in [-0.25, -0.2) is 27.9 Å². The summed E-state index contributed by atoms with van der Waals surface area (Å²) in [5.74, 6) is 0.150. The predicted molar refractivity (Wildman–Crippen MR) is 81.3 cm³/mol. The molecule has 0 bridgehead atoms. The van der Waals surface area contributed by atoms with Crippen molar-refractivity contribution in [1.29, 1.82) is 0 Å². The van der Waals surface area contributed by atoms with E-state index in [1.807, 2.05) is 0 Å². The van der Waals surface area contributed by atoms with E-state index in [1.54, 1.807) is 19.1 Å². The van der Waals surface area contributed by atoms with Crippen LogP contribution >= 0.6 is 0 Å². The number of nitrogen functional groups attached to an aromatic ring is 1. The van der Waals surface area contributed by atoms with E-state index in [1.165, 1.54) is 18.3 Å². The highest BCUT2D eigenvalue weighted by atomic mass is 32.2. The monoisotopic (exact) mass is 324 g/mol. The van der Waals surface area contributed by atoms with Crippen molar-refractivity contribution in [2.24, 2.45) is 5.14 Å². The number of aryl methyl sites for hydroxylation is 1. The maximum atomic E-state index is 14.2. The topological polar surface area (TPSA) is 112 Å². The summed E-state index contributed by atoms with van der Waals surface area (Å²) in [6.07, 6.45) is 0.519. The Bertz CT molecular complexity index is 780. The average molecular weight is 324 g/mol. The number of benzene rings is 1. The van der Waals surface area contributed by atoms with E-state index in [9.17, 15) is 12.8 Å². The van der Waals surface area contributed by atoms with E-state index in [0.29, 0.717) is 16.8 Å². The molecule has 1 unspecified atom stereocenters. The van der Waals surface area contributed by atoms with Crippen molar-refractivity contribution in [3.63, 3.8) is 0 Å². The second-order valence-corrected chi connectivity index (χ2v) is 6.60. The third kappa shape index (κ3) is 4.22. The minimum absolute atomic E-state index is 0.0239. The molecular formula is C14H17FN4O2S. The molecule has 2 rings (SSSR count). The Morgan fingerprint density at radius 2 is 2.05 bits per heavy atom. The van der Waals surface area contributed by atoms with Gasteiger partial charge in [0.15, 0.2) is 0 Å². The normalized spacial score (nSPS) is 13.0. The standard InChI is InChI=1S/C14H17FN4O2S/c1-9-11(8-18-14(16)19-9)7-12(15)5-10-3-2-4-13(6-10)22(17,20)21/h2-4,6,8,12H,5,7H2,1H3,(H2,16,18,19)(H2,17,20,21). The molecule has 2 aromatic rings. The molecule has 8 heteroatoms. The van der Waals surface area contributed by atoms with Crippen molar-refractivity contribution in [3.05, 3.63) is 47.3 Å². The zero-order chi connectivity index (χ0) is 16.3. The lowest BCUT2D eigenvalue weighted by Gasteiger charge is -2.11. The molecule has 0 saturated heterocycles. The molecule has 1 atom stereocenters. The van der Waals surface area contributed by atoms with E-state index in [4.69, 9.17) is 10.9 Å². The molecule has 4 N–H and O–H groups in total. The number of anilines is 1. The van der Waals surface area contributed by atoms with Gasteiger partial charge in [-0.15, -0.1) is 0 Å². The number of halogens is 1. The Kier molecular flexibility index (Phi) is 4.72. The van der Waals surface area contributed by atoms with Crippen LogP contribution in [0.5, 0.6) is 0 Å². The number of primary sulfonamides is 1.